The van der Waals surface area contributed by atoms with Gasteiger partial charge >= 0.3 is 18.2 Å². The predicted molar refractivity (Wildman–Crippen MR) is 136 cm³/mol. The fraction of sp³-hybridized carbons (Fsp3) is 0.600. The molecule has 0 unspecified atom stereocenters. The number of rotatable bonds is 14. The van der Waals surface area contributed by atoms with Gasteiger partial charge in [-0.2, -0.15) is 4.90 Å². The largest absolute Gasteiger partial charge is 0.481 e. The number of nitrogens with zero attached hydrogens (tertiary/aromatic N) is 1. The average Bonchev–Trinajstić information content (AvgIpc) is 2.78. The standard InChI is InChI=1S/C25H38ClN3O7/c1-25(2,3)36-24(34)29(23(33)35-17-18-11-6-7-12-19(18)26)20(13-8-9-15-27)22(32)28-16-10-4-5-14-21(30)31/h6-7,11-12,20H,4-5,8-10,13-17,27H2,1-3H3,(H,28,32)(H,30,31)/t20-/m0/s1. The summed E-state index contributed by atoms with van der Waals surface area (Å²) < 4.78 is 10.8. The molecule has 11 heteroatoms. The highest BCUT2D eigenvalue weighted by molar-refractivity contribution is 6.31. The van der Waals surface area contributed by atoms with Crippen molar-refractivity contribution in [1.29, 1.82) is 0 Å². The SMILES string of the molecule is CC(C)(C)OC(=O)N(C(=O)OCc1ccccc1Cl)[C@@H](CCCCN)C(=O)NCCCCCC(=O)O. The van der Waals surface area contributed by atoms with E-state index in [9.17, 15) is 19.2 Å². The summed E-state index contributed by atoms with van der Waals surface area (Å²) in [7, 11) is 0. The number of hydrogen-bond acceptors (Lipinski definition) is 7. The Morgan fingerprint density at radius 1 is 1.06 bits per heavy atom. The Labute approximate surface area is 217 Å². The van der Waals surface area contributed by atoms with Gasteiger partial charge in [0.15, 0.2) is 0 Å². The quantitative estimate of drug-likeness (QED) is 0.300. The van der Waals surface area contributed by atoms with E-state index in [1.807, 2.05) is 0 Å². The Balaban J connectivity index is 3.02. The topological polar surface area (TPSA) is 148 Å². The second-order valence-corrected chi connectivity index (χ2v) is 9.70. The van der Waals surface area contributed by atoms with Crippen molar-refractivity contribution in [2.45, 2.75) is 84.0 Å². The van der Waals surface area contributed by atoms with E-state index in [4.69, 9.17) is 31.9 Å². The Morgan fingerprint density at radius 3 is 2.36 bits per heavy atom. The monoisotopic (exact) mass is 527 g/mol. The molecule has 0 spiro atoms. The molecule has 1 atom stereocenters. The number of ether oxygens (including phenoxy) is 2. The number of imide groups is 1. The molecule has 1 aromatic carbocycles. The molecule has 4 N–H and O–H groups in total. The van der Waals surface area contributed by atoms with E-state index in [1.54, 1.807) is 45.0 Å². The van der Waals surface area contributed by atoms with Gasteiger partial charge in [-0.15, -0.1) is 0 Å². The van der Waals surface area contributed by atoms with Crippen molar-refractivity contribution in [3.8, 4) is 0 Å². The zero-order valence-corrected chi connectivity index (χ0v) is 22.0. The van der Waals surface area contributed by atoms with Crippen LogP contribution in [0.1, 0.15) is 71.3 Å². The maximum absolute atomic E-state index is 13.1. The number of carbonyl (C=O) groups excluding carboxylic acids is 3. The predicted octanol–water partition coefficient (Wildman–Crippen LogP) is 4.47. The van der Waals surface area contributed by atoms with E-state index in [-0.39, 0.29) is 26.0 Å². The third kappa shape index (κ3) is 12.2. The van der Waals surface area contributed by atoms with Crippen molar-refractivity contribution in [2.24, 2.45) is 5.73 Å². The number of carbonyl (C=O) groups is 4. The molecular weight excluding hydrogens is 490 g/mol. The second-order valence-electron chi connectivity index (χ2n) is 9.29. The number of unbranched alkanes of at least 4 members (excludes halogenated alkanes) is 3. The maximum Gasteiger partial charge on any atom is 0.420 e. The summed E-state index contributed by atoms with van der Waals surface area (Å²) in [6.07, 6.45) is 0.934. The lowest BCUT2D eigenvalue weighted by Crippen LogP contribution is -2.53. The minimum Gasteiger partial charge on any atom is -0.481 e. The van der Waals surface area contributed by atoms with E-state index >= 15 is 0 Å². The Kier molecular flexibility index (Phi) is 13.9. The highest BCUT2D eigenvalue weighted by Gasteiger charge is 2.38. The molecule has 0 fully saturated rings. The fourth-order valence-corrected chi connectivity index (χ4v) is 3.42. The Bertz CT molecular complexity index is 873. The minimum atomic E-state index is -1.18. The van der Waals surface area contributed by atoms with Crippen LogP contribution in [0.3, 0.4) is 0 Å². The normalized spacial score (nSPS) is 11.9. The molecule has 1 aromatic rings. The number of hydrogen-bond donors (Lipinski definition) is 3. The molecule has 36 heavy (non-hydrogen) atoms. The van der Waals surface area contributed by atoms with Crippen molar-refractivity contribution in [1.82, 2.24) is 10.2 Å². The van der Waals surface area contributed by atoms with Crippen LogP contribution in [0.25, 0.3) is 0 Å². The summed E-state index contributed by atoms with van der Waals surface area (Å²) >= 11 is 6.14. The highest BCUT2D eigenvalue weighted by Crippen LogP contribution is 2.20. The van der Waals surface area contributed by atoms with Crippen LogP contribution in [0.4, 0.5) is 9.59 Å². The average molecular weight is 528 g/mol. The molecule has 0 aliphatic carbocycles. The number of aliphatic carboxylic acids is 1. The van der Waals surface area contributed by atoms with Crippen LogP contribution in [0.5, 0.6) is 0 Å². The lowest BCUT2D eigenvalue weighted by atomic mass is 10.1. The summed E-state index contributed by atoms with van der Waals surface area (Å²) in [5, 5.41) is 11.9. The molecule has 0 aromatic heterocycles. The molecule has 202 valence electrons. The van der Waals surface area contributed by atoms with Gasteiger partial charge in [0, 0.05) is 23.6 Å². The molecule has 1 rings (SSSR count). The van der Waals surface area contributed by atoms with Crippen molar-refractivity contribution in [2.75, 3.05) is 13.1 Å². The first-order valence-electron chi connectivity index (χ1n) is 12.1. The van der Waals surface area contributed by atoms with Gasteiger partial charge in [-0.1, -0.05) is 36.2 Å². The van der Waals surface area contributed by atoms with Gasteiger partial charge < -0.3 is 25.6 Å². The van der Waals surface area contributed by atoms with E-state index < -0.39 is 35.7 Å². The van der Waals surface area contributed by atoms with Crippen LogP contribution < -0.4 is 11.1 Å². The first-order chi connectivity index (χ1) is 17.0. The van der Waals surface area contributed by atoms with Crippen molar-refractivity contribution < 1.29 is 33.8 Å². The second kappa shape index (κ2) is 16.0. The lowest BCUT2D eigenvalue weighted by Gasteiger charge is -2.31. The first kappa shape index (κ1) is 31.2. The van der Waals surface area contributed by atoms with Crippen LogP contribution in [-0.2, 0) is 25.7 Å². The summed E-state index contributed by atoms with van der Waals surface area (Å²) in [6.45, 7) is 5.42. The summed E-state index contributed by atoms with van der Waals surface area (Å²) in [5.41, 5.74) is 5.22. The van der Waals surface area contributed by atoms with E-state index in [2.05, 4.69) is 5.32 Å². The van der Waals surface area contributed by atoms with Crippen LogP contribution in [-0.4, -0.2) is 58.8 Å². The van der Waals surface area contributed by atoms with Gasteiger partial charge in [0.1, 0.15) is 18.2 Å². The highest BCUT2D eigenvalue weighted by atomic mass is 35.5. The molecule has 0 aliphatic rings. The molecular formula is C25H38ClN3O7. The molecule has 0 heterocycles. The molecule has 3 amide bonds. The van der Waals surface area contributed by atoms with E-state index in [0.29, 0.717) is 54.1 Å². The third-order valence-electron chi connectivity index (χ3n) is 5.01. The number of carboxylic acids is 1. The molecule has 0 bridgehead atoms. The molecule has 0 radical (unpaired) electrons. The number of carboxylic acid groups (broad SMARTS) is 1. The number of benzene rings is 1. The number of amides is 3. The summed E-state index contributed by atoms with van der Waals surface area (Å²) in [5.74, 6) is -1.41. The Hall–Kier alpha value is -2.85. The van der Waals surface area contributed by atoms with Crippen molar-refractivity contribution >= 4 is 35.7 Å². The minimum absolute atomic E-state index is 0.0549. The van der Waals surface area contributed by atoms with E-state index in [0.717, 1.165) is 0 Å². The van der Waals surface area contributed by atoms with Crippen molar-refractivity contribution in [3.63, 3.8) is 0 Å². The zero-order chi connectivity index (χ0) is 27.1. The van der Waals surface area contributed by atoms with Crippen molar-refractivity contribution in [3.05, 3.63) is 34.9 Å². The van der Waals surface area contributed by atoms with Gasteiger partial charge in [-0.25, -0.2) is 9.59 Å². The van der Waals surface area contributed by atoms with Gasteiger partial charge in [0.05, 0.1) is 0 Å². The van der Waals surface area contributed by atoms with Gasteiger partial charge in [-0.05, 0) is 65.5 Å². The summed E-state index contributed by atoms with van der Waals surface area (Å²) in [4.78, 5) is 50.6. The smallest absolute Gasteiger partial charge is 0.420 e. The fourth-order valence-electron chi connectivity index (χ4n) is 3.23. The summed E-state index contributed by atoms with van der Waals surface area (Å²) in [6, 6.07) is 5.63. The molecule has 0 saturated heterocycles. The third-order valence-corrected chi connectivity index (χ3v) is 5.38. The van der Waals surface area contributed by atoms with Gasteiger partial charge in [-0.3, -0.25) is 9.59 Å². The van der Waals surface area contributed by atoms with Crippen LogP contribution in [0, 0.1) is 0 Å². The molecule has 10 nitrogen and oxygen atoms in total. The number of nitrogens with one attached hydrogen (secondary N) is 1. The first-order valence-corrected chi connectivity index (χ1v) is 12.5. The number of nitrogens with two attached hydrogens (primary N) is 1. The number of halogens is 1. The van der Waals surface area contributed by atoms with Crippen LogP contribution in [0.15, 0.2) is 24.3 Å². The van der Waals surface area contributed by atoms with Gasteiger partial charge in [0.25, 0.3) is 0 Å². The molecule has 0 aliphatic heterocycles. The van der Waals surface area contributed by atoms with Crippen LogP contribution in [0.2, 0.25) is 5.02 Å². The van der Waals surface area contributed by atoms with E-state index in [1.165, 1.54) is 0 Å². The van der Waals surface area contributed by atoms with Crippen LogP contribution >= 0.6 is 11.6 Å². The lowest BCUT2D eigenvalue weighted by molar-refractivity contribution is -0.137. The zero-order valence-electron chi connectivity index (χ0n) is 21.3. The Morgan fingerprint density at radius 2 is 1.75 bits per heavy atom. The molecule has 0 saturated carbocycles. The van der Waals surface area contributed by atoms with Gasteiger partial charge in [0.2, 0.25) is 5.91 Å². The maximum atomic E-state index is 13.1.